The van der Waals surface area contributed by atoms with Gasteiger partial charge in [-0.3, -0.25) is 0 Å². The Hall–Kier alpha value is -3.62. The maximum Gasteiger partial charge on any atom is 0.337 e. The molecule has 2 unspecified atom stereocenters. The summed E-state index contributed by atoms with van der Waals surface area (Å²) in [4.78, 5) is 29.8. The Morgan fingerprint density at radius 1 is 0.833 bits per heavy atom. The van der Waals surface area contributed by atoms with Gasteiger partial charge in [-0.05, 0) is 70.0 Å². The van der Waals surface area contributed by atoms with E-state index in [9.17, 15) is 9.59 Å². The summed E-state index contributed by atoms with van der Waals surface area (Å²) in [5.74, 6) is -1.73. The van der Waals surface area contributed by atoms with Crippen LogP contribution in [0.5, 0.6) is 0 Å². The van der Waals surface area contributed by atoms with Gasteiger partial charge in [-0.25, -0.2) is 9.59 Å². The topological polar surface area (TPSA) is 77.1 Å². The molecule has 0 radical (unpaired) electrons. The van der Waals surface area contributed by atoms with Crippen LogP contribution in [0.2, 0.25) is 10.0 Å². The number of nitrogens with one attached hydrogen (secondary N) is 1. The van der Waals surface area contributed by atoms with Gasteiger partial charge in [0.25, 0.3) is 0 Å². The molecule has 1 N–H and O–H groups in total. The molecule has 1 heterocycles. The van der Waals surface area contributed by atoms with E-state index in [1.807, 2.05) is 33.0 Å². The van der Waals surface area contributed by atoms with Gasteiger partial charge >= 0.3 is 11.9 Å². The molecule has 0 bridgehead atoms. The zero-order valence-corrected chi connectivity index (χ0v) is 29.9. The van der Waals surface area contributed by atoms with Gasteiger partial charge in [0.1, 0.15) is 12.7 Å². The van der Waals surface area contributed by atoms with Crippen molar-refractivity contribution in [2.45, 2.75) is 58.5 Å². The van der Waals surface area contributed by atoms with Crippen LogP contribution in [-0.2, 0) is 23.8 Å². The number of hydrogen-bond acceptors (Lipinski definition) is 7. The minimum Gasteiger partial charge on any atom is -0.460 e. The lowest BCUT2D eigenvalue weighted by molar-refractivity contribution is -0.144. The summed E-state index contributed by atoms with van der Waals surface area (Å²) >= 11 is 13.1. The monoisotopic (exact) mass is 692 g/mol. The fraction of sp³-hybridized carbons (Fsp3) is 0.385. The number of hydrogen-bond donors (Lipinski definition) is 1. The molecule has 3 aromatic carbocycles. The third-order valence-corrected chi connectivity index (χ3v) is 9.22. The minimum absolute atomic E-state index is 0.0762. The van der Waals surface area contributed by atoms with Crippen molar-refractivity contribution in [1.82, 2.24) is 10.2 Å². The highest BCUT2D eigenvalue weighted by molar-refractivity contribution is 6.42. The van der Waals surface area contributed by atoms with Crippen LogP contribution in [0, 0.1) is 0 Å². The third-order valence-electron chi connectivity index (χ3n) is 8.38. The number of ether oxygens (including phenoxy) is 3. The van der Waals surface area contributed by atoms with Crippen LogP contribution in [0.25, 0.3) is 0 Å². The molecule has 0 aliphatic carbocycles. The van der Waals surface area contributed by atoms with E-state index in [0.717, 1.165) is 19.4 Å². The van der Waals surface area contributed by atoms with Crippen LogP contribution in [-0.4, -0.2) is 62.9 Å². The molecule has 256 valence electrons. The first-order valence-corrected chi connectivity index (χ1v) is 17.2. The number of esters is 2. The molecule has 7 nitrogen and oxygen atoms in total. The Balaban J connectivity index is 1.49. The molecule has 0 saturated carbocycles. The van der Waals surface area contributed by atoms with Gasteiger partial charge in [0.05, 0.1) is 33.7 Å². The lowest BCUT2D eigenvalue weighted by atomic mass is 9.80. The molecule has 9 heteroatoms. The molecule has 0 spiro atoms. The van der Waals surface area contributed by atoms with E-state index >= 15 is 0 Å². The molecular weight excluding hydrogens is 647 g/mol. The summed E-state index contributed by atoms with van der Waals surface area (Å²) in [6, 6.07) is 26.2. The van der Waals surface area contributed by atoms with E-state index in [0.29, 0.717) is 35.1 Å². The Bertz CT molecular complexity index is 1550. The van der Waals surface area contributed by atoms with Crippen molar-refractivity contribution >= 4 is 35.1 Å². The van der Waals surface area contributed by atoms with Gasteiger partial charge in [0.15, 0.2) is 0 Å². The zero-order valence-electron chi connectivity index (χ0n) is 28.4. The fourth-order valence-electron chi connectivity index (χ4n) is 6.17. The van der Waals surface area contributed by atoms with Crippen molar-refractivity contribution in [3.63, 3.8) is 0 Å². The lowest BCUT2D eigenvalue weighted by Crippen LogP contribution is -2.36. The predicted octanol–water partition coefficient (Wildman–Crippen LogP) is 8.28. The average molecular weight is 694 g/mol. The maximum atomic E-state index is 14.0. The molecule has 2 atom stereocenters. The summed E-state index contributed by atoms with van der Waals surface area (Å²) in [6.45, 7) is 9.68. The summed E-state index contributed by atoms with van der Waals surface area (Å²) in [5, 5.41) is 3.78. The highest BCUT2D eigenvalue weighted by atomic mass is 35.5. The van der Waals surface area contributed by atoms with Gasteiger partial charge < -0.3 is 24.4 Å². The van der Waals surface area contributed by atoms with Crippen molar-refractivity contribution < 1.29 is 23.8 Å². The SMILES string of the molecule is CCCOCCOC(=O)C1=C(C)NC(C)=C(C(=O)OC(C)CN(C)CCC(c2ccccc2)c2ccccc2)C1c1cccc(Cl)c1Cl. The summed E-state index contributed by atoms with van der Waals surface area (Å²) in [6.07, 6.45) is 1.32. The largest absolute Gasteiger partial charge is 0.460 e. The first kappa shape index (κ1) is 37.2. The molecule has 0 aromatic heterocycles. The van der Waals surface area contributed by atoms with Crippen LogP contribution < -0.4 is 5.32 Å². The second kappa shape index (κ2) is 18.2. The zero-order chi connectivity index (χ0) is 34.6. The number of dihydropyridines is 1. The Morgan fingerprint density at radius 3 is 2.04 bits per heavy atom. The number of nitrogens with zero attached hydrogens (tertiary/aromatic N) is 1. The lowest BCUT2D eigenvalue weighted by Gasteiger charge is -2.32. The van der Waals surface area contributed by atoms with Crippen molar-refractivity contribution in [3.8, 4) is 0 Å². The van der Waals surface area contributed by atoms with Crippen molar-refractivity contribution in [2.75, 3.05) is 40.0 Å². The number of allylic oxidation sites excluding steroid dienone is 2. The molecular formula is C39H46Cl2N2O5. The number of rotatable bonds is 16. The molecule has 3 aromatic rings. The molecule has 48 heavy (non-hydrogen) atoms. The van der Waals surface area contributed by atoms with Gasteiger partial charge in [0, 0.05) is 30.5 Å². The summed E-state index contributed by atoms with van der Waals surface area (Å²) in [5.41, 5.74) is 4.72. The van der Waals surface area contributed by atoms with Gasteiger partial charge in [-0.1, -0.05) is 103 Å². The maximum absolute atomic E-state index is 14.0. The van der Waals surface area contributed by atoms with Crippen LogP contribution in [0.4, 0.5) is 0 Å². The number of benzene rings is 3. The van der Waals surface area contributed by atoms with Crippen molar-refractivity contribution in [2.24, 2.45) is 0 Å². The van der Waals surface area contributed by atoms with E-state index in [4.69, 9.17) is 37.4 Å². The van der Waals surface area contributed by atoms with Gasteiger partial charge in [0.2, 0.25) is 0 Å². The third kappa shape index (κ3) is 9.73. The van der Waals surface area contributed by atoms with E-state index in [2.05, 4.69) is 58.7 Å². The molecule has 0 amide bonds. The fourth-order valence-corrected chi connectivity index (χ4v) is 6.58. The second-order valence-corrected chi connectivity index (χ2v) is 13.0. The number of halogens is 2. The van der Waals surface area contributed by atoms with Crippen LogP contribution >= 0.6 is 23.2 Å². The van der Waals surface area contributed by atoms with Crippen LogP contribution in [0.15, 0.2) is 101 Å². The van der Waals surface area contributed by atoms with E-state index < -0.39 is 24.0 Å². The molecule has 4 rings (SSSR count). The quantitative estimate of drug-likeness (QED) is 0.120. The van der Waals surface area contributed by atoms with Crippen molar-refractivity contribution in [1.29, 1.82) is 0 Å². The first-order valence-electron chi connectivity index (χ1n) is 16.5. The van der Waals surface area contributed by atoms with Crippen LogP contribution in [0.1, 0.15) is 69.1 Å². The highest BCUT2D eigenvalue weighted by Crippen LogP contribution is 2.43. The molecule has 1 aliphatic heterocycles. The predicted molar refractivity (Wildman–Crippen MR) is 192 cm³/mol. The standard InChI is InChI=1S/C39H46Cl2N2O5/c1-6-22-46-23-24-47-38(44)34-27(3)42-28(4)35(36(34)32-18-13-19-33(40)37(32)41)39(45)48-26(2)25-43(5)21-20-31(29-14-9-7-10-15-29)30-16-11-8-12-17-30/h7-19,26,31,36,42H,6,20-25H2,1-5H3. The molecule has 0 saturated heterocycles. The summed E-state index contributed by atoms with van der Waals surface area (Å²) in [7, 11) is 2.03. The van der Waals surface area contributed by atoms with Crippen LogP contribution in [0.3, 0.4) is 0 Å². The Morgan fingerprint density at radius 2 is 1.44 bits per heavy atom. The Kier molecular flexibility index (Phi) is 14.1. The van der Waals surface area contributed by atoms with E-state index in [1.165, 1.54) is 11.1 Å². The Labute approximate surface area is 294 Å². The summed E-state index contributed by atoms with van der Waals surface area (Å²) < 4.78 is 17.2. The molecule has 1 aliphatic rings. The number of carbonyl (C=O) groups is 2. The normalized spacial score (nSPS) is 15.5. The minimum atomic E-state index is -0.851. The van der Waals surface area contributed by atoms with E-state index in [1.54, 1.807) is 32.0 Å². The van der Waals surface area contributed by atoms with Crippen molar-refractivity contribution in [3.05, 3.63) is 128 Å². The average Bonchev–Trinajstić information content (AvgIpc) is 3.06. The van der Waals surface area contributed by atoms with E-state index in [-0.39, 0.29) is 35.3 Å². The smallest absolute Gasteiger partial charge is 0.337 e. The van der Waals surface area contributed by atoms with Gasteiger partial charge in [-0.2, -0.15) is 0 Å². The first-order chi connectivity index (χ1) is 23.1. The highest BCUT2D eigenvalue weighted by Gasteiger charge is 2.39. The number of carbonyl (C=O) groups excluding carboxylic acids is 2. The second-order valence-electron chi connectivity index (χ2n) is 12.2. The molecule has 0 fully saturated rings. The number of likely N-dealkylation sites (N-methyl/N-ethyl adjacent to an activating group) is 1. The van der Waals surface area contributed by atoms with Gasteiger partial charge in [-0.15, -0.1) is 0 Å².